The Kier molecular flexibility index (Phi) is 41.6. The first-order valence-corrected chi connectivity index (χ1v) is 35.6. The molecule has 4 aromatic carbocycles. The molecule has 5 aromatic heterocycles. The number of aliphatic hydroxyl groups excluding tert-OH is 1. The fourth-order valence-electron chi connectivity index (χ4n) is 10.8. The number of carbonyl (C=O) groups excluding carboxylic acids is 2. The molecule has 6 aliphatic heterocycles. The van der Waals surface area contributed by atoms with Crippen molar-refractivity contribution in [3.8, 4) is 63.5 Å². The molecule has 0 saturated carbocycles. The molecular formula is C73H94Cl3N22NaO14. The molecule has 602 valence electrons. The van der Waals surface area contributed by atoms with Gasteiger partial charge in [-0.3, -0.25) is 15.0 Å². The number of phenols is 3. The van der Waals surface area contributed by atoms with E-state index in [1.54, 1.807) is 94.8 Å². The van der Waals surface area contributed by atoms with Gasteiger partial charge in [0.1, 0.15) is 59.2 Å². The van der Waals surface area contributed by atoms with Gasteiger partial charge in [0, 0.05) is 123 Å². The van der Waals surface area contributed by atoms with Gasteiger partial charge in [0.2, 0.25) is 34.2 Å². The van der Waals surface area contributed by atoms with E-state index in [-0.39, 0.29) is 88.8 Å². The summed E-state index contributed by atoms with van der Waals surface area (Å²) >= 11 is 9.27. The molecule has 6 saturated heterocycles. The van der Waals surface area contributed by atoms with E-state index >= 15 is 0 Å². The maximum absolute atomic E-state index is 12.1. The van der Waals surface area contributed by atoms with Crippen LogP contribution in [0.15, 0.2) is 128 Å². The van der Waals surface area contributed by atoms with Crippen LogP contribution in [0, 0.1) is 16.7 Å². The number of carbonyl (C=O) groups is 2. The van der Waals surface area contributed by atoms with Gasteiger partial charge in [-0.05, 0) is 59.6 Å². The summed E-state index contributed by atoms with van der Waals surface area (Å²) in [5.74, 6) is 12.8. The minimum atomic E-state index is -0.361. The molecule has 0 unspecified atom stereocenters. The predicted molar refractivity (Wildman–Crippen MR) is 424 cm³/mol. The summed E-state index contributed by atoms with van der Waals surface area (Å²) in [5, 5.41) is 71.2. The molecule has 6 aliphatic rings. The largest absolute Gasteiger partial charge is 1.00 e. The summed E-state index contributed by atoms with van der Waals surface area (Å²) in [7, 11) is 2.40. The van der Waals surface area contributed by atoms with E-state index < -0.39 is 0 Å². The van der Waals surface area contributed by atoms with Gasteiger partial charge in [-0.2, -0.15) is 35.2 Å². The number of nitriles is 1. The van der Waals surface area contributed by atoms with E-state index in [9.17, 15) is 24.9 Å². The first-order valence-electron chi connectivity index (χ1n) is 34.8. The van der Waals surface area contributed by atoms with E-state index in [1.165, 1.54) is 39.2 Å². The van der Waals surface area contributed by atoms with E-state index in [1.807, 2.05) is 30.3 Å². The molecule has 113 heavy (non-hydrogen) atoms. The molecule has 40 heteroatoms. The number of nitrogen functional groups attached to an aromatic ring is 1. The van der Waals surface area contributed by atoms with Gasteiger partial charge in [-0.25, -0.2) is 25.2 Å². The molecule has 0 spiro atoms. The summed E-state index contributed by atoms with van der Waals surface area (Å²) in [6, 6.07) is 34.3. The van der Waals surface area contributed by atoms with Crippen molar-refractivity contribution in [2.75, 3.05) is 207 Å². The molecule has 6 fully saturated rings. The van der Waals surface area contributed by atoms with Crippen LogP contribution in [0.3, 0.4) is 0 Å². The molecule has 9 aromatic rings. The Bertz CT molecular complexity index is 4100. The molecule has 0 atom stereocenters. The van der Waals surface area contributed by atoms with Crippen molar-refractivity contribution < 1.29 is 97.8 Å². The Hall–Kier alpha value is -9.95. The van der Waals surface area contributed by atoms with Crippen LogP contribution in [0.2, 0.25) is 0 Å². The Morgan fingerprint density at radius 3 is 1.18 bits per heavy atom. The zero-order valence-electron chi connectivity index (χ0n) is 62.7. The van der Waals surface area contributed by atoms with Gasteiger partial charge < -0.3 is 93.5 Å². The number of halogens is 3. The van der Waals surface area contributed by atoms with Crippen molar-refractivity contribution in [2.24, 2.45) is 5.84 Å². The van der Waals surface area contributed by atoms with Gasteiger partial charge in [0.25, 0.3) is 0 Å². The number of para-hydroxylation sites is 4. The molecule has 11 heterocycles. The number of nitrogens with zero attached hydrogens (tertiary/aromatic N) is 19. The van der Waals surface area contributed by atoms with Crippen molar-refractivity contribution in [1.82, 2.24) is 59.4 Å². The zero-order chi connectivity index (χ0) is 78.6. The number of morpholine rings is 6. The summed E-state index contributed by atoms with van der Waals surface area (Å²) < 4.78 is 40.5. The average Bonchev–Trinajstić information content (AvgIpc) is 1.79. The molecule has 0 aliphatic carbocycles. The molecule has 15 rings (SSSR count). The molecule has 0 amide bonds. The smallest absolute Gasteiger partial charge is 0.872 e. The predicted octanol–water partition coefficient (Wildman–Crippen LogP) is 2.85. The molecule has 8 N–H and O–H groups in total. The molecular weight excluding hydrogens is 1540 g/mol. The number of benzene rings is 4. The third kappa shape index (κ3) is 29.5. The normalized spacial score (nSPS) is 14.8. The van der Waals surface area contributed by atoms with Gasteiger partial charge in [0.05, 0.1) is 103 Å². The Balaban J connectivity index is 0.000000256. The van der Waals surface area contributed by atoms with Crippen molar-refractivity contribution in [1.29, 1.82) is 10.7 Å². The number of ether oxygens (including phenoxy) is 7. The number of hydrogen-bond acceptors (Lipinski definition) is 34. The summed E-state index contributed by atoms with van der Waals surface area (Å²) in [4.78, 5) is 68.2. The Morgan fingerprint density at radius 2 is 0.823 bits per heavy atom. The summed E-state index contributed by atoms with van der Waals surface area (Å²) in [6.45, 7) is 20.1. The number of hydrazine groups is 1. The van der Waals surface area contributed by atoms with Gasteiger partial charge >= 0.3 is 29.6 Å². The molecule has 36 nitrogen and oxygen atoms in total. The van der Waals surface area contributed by atoms with Gasteiger partial charge in [-0.1, -0.05) is 73.8 Å². The van der Waals surface area contributed by atoms with Crippen LogP contribution in [0.1, 0.15) is 32.4 Å². The standard InChI is InChI=1S/2C20H23N7O3.C12H20N6O2.C8H9NO2.C7H5NO.2C2H3ClO.CH4O.CH4.ClH.Na/c2*28-16-4-2-1-3-15(16)19-21-14-27(24-19)18-13-17(25-5-9-29-10-6-25)22-20(23-18)26-7-11-30-12-8-26;13-16-10-9-11(17-1-5-19-6-2-17)15-12(14-10)18-3-7-20-8-4-18;1-11-8(9)6-4-2-3-5-7(6)10;8-5-6-3-1-2-4-7(6)9;2*1-2(3)4;1-2;;;/h2*1-4,13-14,28H,5-12H2;9H,1-8,13H2,(H,14,15,16);2-5,9-10H,1H3;1-4,9H;2*1H3;2H,1H3;1H4;1H;/q;;;;;;;;;;+1/p-1. The first-order chi connectivity index (χ1) is 53.5. The van der Waals surface area contributed by atoms with Crippen LogP contribution >= 0.6 is 35.6 Å². The number of aromatic nitrogens is 12. The average molecular weight is 1630 g/mol. The number of hydrogen-bond donors (Lipinski definition) is 7. The van der Waals surface area contributed by atoms with Crippen molar-refractivity contribution in [3.05, 3.63) is 139 Å². The van der Waals surface area contributed by atoms with E-state index in [0.717, 1.165) is 116 Å². The minimum Gasteiger partial charge on any atom is -0.872 e. The number of rotatable bonds is 12. The maximum Gasteiger partial charge on any atom is 1.00 e. The van der Waals surface area contributed by atoms with Gasteiger partial charge in [0.15, 0.2) is 23.3 Å². The fourth-order valence-corrected chi connectivity index (χ4v) is 10.8. The minimum absolute atomic E-state index is 0. The van der Waals surface area contributed by atoms with Crippen LogP contribution in [0.5, 0.6) is 23.0 Å². The van der Waals surface area contributed by atoms with Crippen molar-refractivity contribution in [3.63, 3.8) is 0 Å². The Morgan fingerprint density at radius 1 is 0.504 bits per heavy atom. The quantitative estimate of drug-likeness (QED) is 0.0231. The molecule has 0 radical (unpaired) electrons. The van der Waals surface area contributed by atoms with Crippen LogP contribution in [0.25, 0.3) is 34.4 Å². The van der Waals surface area contributed by atoms with E-state index in [0.29, 0.717) is 135 Å². The SMILES string of the molecule is C.CC(=O)Cl.CC(=O)Cl.CO.COC(=N)c1ccccc1O.Cl.N#Cc1ccccc1O.NNc1cc(N2CCOCC2)nc(N2CCOCC2)n1.Oc1ccccc1-c1ncn(-c2cc(N3CCOCC3)nc(N3CCOCC3)n2)n1.[Na+].[O-]c1ccccc1-c1ncn(-c2cc(N3CCOCC3)nc(N3CCOCC3)n2)n1. The van der Waals surface area contributed by atoms with Gasteiger partial charge in [-0.15, -0.1) is 22.6 Å². The summed E-state index contributed by atoms with van der Waals surface area (Å²) in [6.07, 6.45) is 3.19. The number of methoxy groups -OCH3 is 1. The number of nitrogens with two attached hydrogens (primary N) is 1. The second-order valence-electron chi connectivity index (χ2n) is 23.6. The van der Waals surface area contributed by atoms with Crippen LogP contribution in [-0.4, -0.2) is 268 Å². The van der Waals surface area contributed by atoms with Crippen LogP contribution in [0.4, 0.5) is 41.1 Å². The number of nitrogens with one attached hydrogen (secondary N) is 2. The monoisotopic (exact) mass is 1630 g/mol. The number of aromatic hydroxyl groups is 3. The third-order valence-corrected chi connectivity index (χ3v) is 16.2. The summed E-state index contributed by atoms with van der Waals surface area (Å²) in [5.41, 5.74) is 4.39. The van der Waals surface area contributed by atoms with E-state index in [4.69, 9.17) is 75.1 Å². The first kappa shape index (κ1) is 93.6. The topological polar surface area (TPSA) is 447 Å². The van der Waals surface area contributed by atoms with Crippen LogP contribution in [-0.2, 0) is 42.7 Å². The third-order valence-electron chi connectivity index (χ3n) is 16.2. The second-order valence-corrected chi connectivity index (χ2v) is 24.6. The number of aliphatic hydroxyl groups is 1. The second kappa shape index (κ2) is 50.2. The zero-order valence-corrected chi connectivity index (χ0v) is 67.0. The van der Waals surface area contributed by atoms with Crippen molar-refractivity contribution in [2.45, 2.75) is 21.3 Å². The Labute approximate surface area is 693 Å². The van der Waals surface area contributed by atoms with E-state index in [2.05, 4.69) is 92.9 Å². The molecule has 0 bridgehead atoms. The maximum atomic E-state index is 12.1. The number of phenolic OH excluding ortho intramolecular Hbond substituents is 3. The van der Waals surface area contributed by atoms with Crippen molar-refractivity contribution >= 4 is 93.1 Å². The fraction of sp³-hybridized carbons (Fsp3) is 0.397. The van der Waals surface area contributed by atoms with Crippen LogP contribution < -0.4 is 75.3 Å². The number of anilines is 7.